The Morgan fingerprint density at radius 2 is 2.33 bits per heavy atom. The van der Waals surface area contributed by atoms with Crippen molar-refractivity contribution in [2.24, 2.45) is 5.92 Å². The van der Waals surface area contributed by atoms with Crippen molar-refractivity contribution in [1.29, 1.82) is 5.26 Å². The Balaban J connectivity index is 2.17. The molecule has 1 fully saturated rings. The zero-order valence-corrected chi connectivity index (χ0v) is 13.3. The molecule has 1 aromatic heterocycles. The topological polar surface area (TPSA) is 91.4 Å². The number of anilines is 2. The summed E-state index contributed by atoms with van der Waals surface area (Å²) in [5, 5.41) is 13.2. The Morgan fingerprint density at radius 3 is 2.86 bits per heavy atom. The Morgan fingerprint density at radius 1 is 1.62 bits per heavy atom. The first kappa shape index (κ1) is 15.6. The predicted octanol–water partition coefficient (Wildman–Crippen LogP) is 1.74. The third-order valence-corrected chi connectivity index (χ3v) is 4.87. The number of hydrogen-bond donors (Lipinski definition) is 2. The smallest absolute Gasteiger partial charge is 0.265 e. The number of amides is 1. The van der Waals surface area contributed by atoms with Crippen LogP contribution in [0.2, 0.25) is 0 Å². The molecule has 7 heteroatoms. The Bertz CT molecular complexity index is 576. The highest BCUT2D eigenvalue weighted by molar-refractivity contribution is 7.18. The van der Waals surface area contributed by atoms with Crippen molar-refractivity contribution >= 4 is 27.9 Å². The molecule has 114 valence electrons. The highest BCUT2D eigenvalue weighted by Gasteiger charge is 2.26. The van der Waals surface area contributed by atoms with E-state index in [4.69, 9.17) is 10.5 Å². The van der Waals surface area contributed by atoms with Crippen molar-refractivity contribution in [3.05, 3.63) is 10.4 Å². The van der Waals surface area contributed by atoms with Gasteiger partial charge in [-0.25, -0.2) is 0 Å². The Labute approximate surface area is 128 Å². The average Bonchev–Trinajstić information content (AvgIpc) is 2.99. The molecule has 1 aliphatic rings. The van der Waals surface area contributed by atoms with Crippen LogP contribution in [0.15, 0.2) is 0 Å². The van der Waals surface area contributed by atoms with Crippen molar-refractivity contribution in [2.75, 3.05) is 38.3 Å². The van der Waals surface area contributed by atoms with Gasteiger partial charge in [0.1, 0.15) is 21.5 Å². The van der Waals surface area contributed by atoms with Crippen molar-refractivity contribution in [3.8, 4) is 6.07 Å². The van der Waals surface area contributed by atoms with Crippen molar-refractivity contribution in [1.82, 2.24) is 4.90 Å². The van der Waals surface area contributed by atoms with E-state index in [1.807, 2.05) is 6.92 Å². The van der Waals surface area contributed by atoms with Gasteiger partial charge in [-0.1, -0.05) is 0 Å². The quantitative estimate of drug-likeness (QED) is 0.884. The number of nitrogens with one attached hydrogen (secondary N) is 1. The van der Waals surface area contributed by atoms with Crippen molar-refractivity contribution in [3.63, 3.8) is 0 Å². The van der Waals surface area contributed by atoms with Crippen LogP contribution in [0, 0.1) is 17.2 Å². The van der Waals surface area contributed by atoms with Gasteiger partial charge in [0.05, 0.1) is 11.8 Å². The third kappa shape index (κ3) is 3.12. The van der Waals surface area contributed by atoms with Crippen LogP contribution in [0.4, 0.5) is 10.7 Å². The minimum Gasteiger partial charge on any atom is -0.396 e. The second kappa shape index (κ2) is 6.33. The zero-order chi connectivity index (χ0) is 15.6. The Kier molecular flexibility index (Phi) is 4.70. The number of carbonyl (C=O) groups is 1. The summed E-state index contributed by atoms with van der Waals surface area (Å²) in [7, 11) is 3.33. The first-order valence-corrected chi connectivity index (χ1v) is 7.66. The molecule has 3 N–H and O–H groups in total. The number of ether oxygens (including phenoxy) is 1. The maximum atomic E-state index is 12.1. The number of nitrogens with zero attached hydrogens (tertiary/aromatic N) is 2. The molecule has 1 saturated heterocycles. The summed E-state index contributed by atoms with van der Waals surface area (Å²) in [6, 6.07) is 2.09. The van der Waals surface area contributed by atoms with Crippen molar-refractivity contribution in [2.45, 2.75) is 19.4 Å². The van der Waals surface area contributed by atoms with Gasteiger partial charge in [-0.3, -0.25) is 4.79 Å². The lowest BCUT2D eigenvalue weighted by atomic mass is 10.0. The van der Waals surface area contributed by atoms with E-state index in [0.717, 1.165) is 13.0 Å². The maximum absolute atomic E-state index is 12.1. The summed E-state index contributed by atoms with van der Waals surface area (Å²) in [6.45, 7) is 3.54. The predicted molar refractivity (Wildman–Crippen MR) is 83.5 cm³/mol. The average molecular weight is 308 g/mol. The second-order valence-electron chi connectivity index (χ2n) is 5.37. The normalized spacial score (nSPS) is 21.0. The van der Waals surface area contributed by atoms with Gasteiger partial charge in [-0.15, -0.1) is 11.3 Å². The summed E-state index contributed by atoms with van der Waals surface area (Å²) < 4.78 is 5.52. The Hall–Kier alpha value is -1.78. The van der Waals surface area contributed by atoms with E-state index in [-0.39, 0.29) is 17.7 Å². The summed E-state index contributed by atoms with van der Waals surface area (Å²) in [5.41, 5.74) is 6.56. The molecular weight excluding hydrogens is 288 g/mol. The number of rotatable bonds is 4. The third-order valence-electron chi connectivity index (χ3n) is 3.72. The molecule has 0 aliphatic carbocycles. The number of nitrogens with two attached hydrogens (primary N) is 1. The van der Waals surface area contributed by atoms with Crippen LogP contribution in [-0.2, 0) is 4.74 Å². The van der Waals surface area contributed by atoms with Gasteiger partial charge < -0.3 is 20.7 Å². The van der Waals surface area contributed by atoms with Crippen molar-refractivity contribution < 1.29 is 9.53 Å². The largest absolute Gasteiger partial charge is 0.396 e. The van der Waals surface area contributed by atoms with E-state index >= 15 is 0 Å². The summed E-state index contributed by atoms with van der Waals surface area (Å²) >= 11 is 1.24. The lowest BCUT2D eigenvalue weighted by Crippen LogP contribution is -2.21. The minimum absolute atomic E-state index is 0.181. The van der Waals surface area contributed by atoms with Crippen LogP contribution in [0.25, 0.3) is 0 Å². The number of nitrogen functional groups attached to an aromatic ring is 1. The molecule has 1 aromatic rings. The van der Waals surface area contributed by atoms with Gasteiger partial charge in [0.25, 0.3) is 5.91 Å². The minimum atomic E-state index is -0.181. The molecule has 1 aliphatic heterocycles. The number of carbonyl (C=O) groups excluding carboxylic acids is 1. The SMILES string of the molecule is CC1OCCC1CNc1sc(C(=O)N(C)C)c(N)c1C#N. The molecule has 0 bridgehead atoms. The van der Waals surface area contributed by atoms with E-state index in [0.29, 0.717) is 27.9 Å². The van der Waals surface area contributed by atoms with Crippen LogP contribution in [0.5, 0.6) is 0 Å². The molecule has 0 saturated carbocycles. The van der Waals surface area contributed by atoms with Crippen LogP contribution < -0.4 is 11.1 Å². The summed E-state index contributed by atoms with van der Waals surface area (Å²) in [5.74, 6) is 0.229. The lowest BCUT2D eigenvalue weighted by Gasteiger charge is -2.14. The van der Waals surface area contributed by atoms with Crippen LogP contribution in [-0.4, -0.2) is 44.2 Å². The fourth-order valence-corrected chi connectivity index (χ4v) is 3.41. The number of thiophene rings is 1. The zero-order valence-electron chi connectivity index (χ0n) is 12.5. The number of nitriles is 1. The molecule has 2 heterocycles. The van der Waals surface area contributed by atoms with Crippen LogP contribution in [0.1, 0.15) is 28.6 Å². The van der Waals surface area contributed by atoms with Gasteiger partial charge in [-0.05, 0) is 13.3 Å². The molecule has 6 nitrogen and oxygen atoms in total. The van der Waals surface area contributed by atoms with Gasteiger partial charge in [0.15, 0.2) is 0 Å². The van der Waals surface area contributed by atoms with E-state index in [9.17, 15) is 10.1 Å². The molecule has 2 atom stereocenters. The van der Waals surface area contributed by atoms with Crippen LogP contribution >= 0.6 is 11.3 Å². The maximum Gasteiger partial charge on any atom is 0.265 e. The van der Waals surface area contributed by atoms with E-state index < -0.39 is 0 Å². The summed E-state index contributed by atoms with van der Waals surface area (Å²) in [6.07, 6.45) is 1.21. The molecule has 0 spiro atoms. The molecule has 1 amide bonds. The fourth-order valence-electron chi connectivity index (χ4n) is 2.31. The summed E-state index contributed by atoms with van der Waals surface area (Å²) in [4.78, 5) is 13.9. The van der Waals surface area contributed by atoms with Gasteiger partial charge >= 0.3 is 0 Å². The molecular formula is C14H20N4O2S. The molecule has 21 heavy (non-hydrogen) atoms. The highest BCUT2D eigenvalue weighted by Crippen LogP contribution is 2.36. The van der Waals surface area contributed by atoms with Gasteiger partial charge in [0.2, 0.25) is 0 Å². The second-order valence-corrected chi connectivity index (χ2v) is 6.39. The first-order chi connectivity index (χ1) is 9.95. The van der Waals surface area contributed by atoms with Crippen LogP contribution in [0.3, 0.4) is 0 Å². The molecule has 2 rings (SSSR count). The molecule has 0 aromatic carbocycles. The van der Waals surface area contributed by atoms with Gasteiger partial charge in [-0.2, -0.15) is 5.26 Å². The van der Waals surface area contributed by atoms with E-state index in [2.05, 4.69) is 11.4 Å². The molecule has 0 radical (unpaired) electrons. The standard InChI is InChI=1S/C14H20N4O2S/c1-8-9(4-5-20-8)7-17-13-10(6-15)11(16)12(21-13)14(19)18(2)3/h8-9,17H,4-5,7,16H2,1-3H3. The highest BCUT2D eigenvalue weighted by atomic mass is 32.1. The van der Waals surface area contributed by atoms with E-state index in [1.165, 1.54) is 16.2 Å². The fraction of sp³-hybridized carbons (Fsp3) is 0.571. The molecule has 2 unspecified atom stereocenters. The first-order valence-electron chi connectivity index (χ1n) is 6.85. The number of hydrogen-bond acceptors (Lipinski definition) is 6. The van der Waals surface area contributed by atoms with Gasteiger partial charge in [0, 0.05) is 33.2 Å². The lowest BCUT2D eigenvalue weighted by molar-refractivity contribution is 0.0833. The monoisotopic (exact) mass is 308 g/mol. The van der Waals surface area contributed by atoms with E-state index in [1.54, 1.807) is 14.1 Å².